The van der Waals surface area contributed by atoms with Gasteiger partial charge in [0.15, 0.2) is 0 Å². The zero-order chi connectivity index (χ0) is 13.3. The molecule has 0 radical (unpaired) electrons. The molecule has 4 heteroatoms. The van der Waals surface area contributed by atoms with Gasteiger partial charge in [0, 0.05) is 10.6 Å². The Bertz CT molecular complexity index is 582. The van der Waals surface area contributed by atoms with Crippen molar-refractivity contribution in [2.75, 3.05) is 0 Å². The summed E-state index contributed by atoms with van der Waals surface area (Å²) in [6, 6.07) is 8.41. The number of aryl methyl sites for hydroxylation is 1. The largest absolute Gasteiger partial charge is 0.207 e. The van der Waals surface area contributed by atoms with E-state index in [9.17, 15) is 8.78 Å². The smallest absolute Gasteiger partial charge is 0.128 e. The first-order valence-corrected chi connectivity index (χ1v) is 6.15. The second-order valence-corrected chi connectivity index (χ2v) is 4.88. The average molecular weight is 287 g/mol. The van der Waals surface area contributed by atoms with Crippen LogP contribution in [0.3, 0.4) is 0 Å². The highest BCUT2D eigenvalue weighted by Gasteiger charge is 2.16. The maximum atomic E-state index is 13.6. The van der Waals surface area contributed by atoms with Gasteiger partial charge in [-0.1, -0.05) is 23.7 Å². The van der Waals surface area contributed by atoms with Gasteiger partial charge in [-0.15, -0.1) is 11.6 Å². The number of rotatable bonds is 2. The molecule has 0 aliphatic heterocycles. The summed E-state index contributed by atoms with van der Waals surface area (Å²) < 4.78 is 26.7. The van der Waals surface area contributed by atoms with Crippen LogP contribution in [0, 0.1) is 18.6 Å². The van der Waals surface area contributed by atoms with E-state index in [1.807, 2.05) is 6.92 Å². The third kappa shape index (κ3) is 2.65. The lowest BCUT2D eigenvalue weighted by Gasteiger charge is -2.12. The van der Waals surface area contributed by atoms with Crippen LogP contribution in [0.1, 0.15) is 22.1 Å². The second-order valence-electron chi connectivity index (χ2n) is 4.04. The van der Waals surface area contributed by atoms with E-state index >= 15 is 0 Å². The SMILES string of the molecule is Cc1cc(C(Cl)c2cc(F)ccc2F)ccc1Cl. The molecule has 0 saturated carbocycles. The molecule has 1 unspecified atom stereocenters. The Kier molecular flexibility index (Phi) is 3.88. The summed E-state index contributed by atoms with van der Waals surface area (Å²) in [6.45, 7) is 1.83. The molecule has 0 spiro atoms. The van der Waals surface area contributed by atoms with Gasteiger partial charge in [0.25, 0.3) is 0 Å². The summed E-state index contributed by atoms with van der Waals surface area (Å²) in [5.41, 5.74) is 1.65. The predicted octanol–water partition coefficient (Wildman–Crippen LogP) is 5.25. The molecule has 0 heterocycles. The molecule has 0 aromatic heterocycles. The molecule has 18 heavy (non-hydrogen) atoms. The normalized spacial score (nSPS) is 12.5. The van der Waals surface area contributed by atoms with Gasteiger partial charge in [0.05, 0.1) is 5.38 Å². The fraction of sp³-hybridized carbons (Fsp3) is 0.143. The third-order valence-electron chi connectivity index (χ3n) is 2.71. The van der Waals surface area contributed by atoms with Crippen LogP contribution in [-0.2, 0) is 0 Å². The van der Waals surface area contributed by atoms with E-state index in [2.05, 4.69) is 0 Å². The van der Waals surface area contributed by atoms with Crippen molar-refractivity contribution < 1.29 is 8.78 Å². The Hall–Kier alpha value is -1.12. The average Bonchev–Trinajstić information content (AvgIpc) is 2.35. The Morgan fingerprint density at radius 2 is 1.78 bits per heavy atom. The van der Waals surface area contributed by atoms with E-state index < -0.39 is 17.0 Å². The van der Waals surface area contributed by atoms with Crippen molar-refractivity contribution in [3.8, 4) is 0 Å². The fourth-order valence-electron chi connectivity index (χ4n) is 1.71. The van der Waals surface area contributed by atoms with Crippen LogP contribution < -0.4 is 0 Å². The molecular formula is C14H10Cl2F2. The minimum Gasteiger partial charge on any atom is -0.207 e. The van der Waals surface area contributed by atoms with E-state index in [1.165, 1.54) is 0 Å². The number of halogens is 4. The molecule has 2 aromatic rings. The molecule has 0 saturated heterocycles. The van der Waals surface area contributed by atoms with Crippen molar-refractivity contribution in [3.63, 3.8) is 0 Å². The lowest BCUT2D eigenvalue weighted by atomic mass is 10.0. The van der Waals surface area contributed by atoms with Crippen molar-refractivity contribution in [1.82, 2.24) is 0 Å². The molecule has 2 rings (SSSR count). The molecular weight excluding hydrogens is 277 g/mol. The quantitative estimate of drug-likeness (QED) is 0.661. The number of hydrogen-bond acceptors (Lipinski definition) is 0. The maximum Gasteiger partial charge on any atom is 0.128 e. The van der Waals surface area contributed by atoms with Crippen molar-refractivity contribution in [3.05, 3.63) is 69.7 Å². The van der Waals surface area contributed by atoms with Gasteiger partial charge in [0.2, 0.25) is 0 Å². The number of hydrogen-bond donors (Lipinski definition) is 0. The molecule has 0 aliphatic rings. The summed E-state index contributed by atoms with van der Waals surface area (Å²) >= 11 is 12.1. The summed E-state index contributed by atoms with van der Waals surface area (Å²) in [6.07, 6.45) is 0. The Labute approximate surface area is 114 Å². The summed E-state index contributed by atoms with van der Waals surface area (Å²) in [5, 5.41) is -0.126. The van der Waals surface area contributed by atoms with E-state index in [0.717, 1.165) is 23.8 Å². The molecule has 0 fully saturated rings. The lowest BCUT2D eigenvalue weighted by Crippen LogP contribution is -1.98. The van der Waals surface area contributed by atoms with Crippen molar-refractivity contribution in [2.24, 2.45) is 0 Å². The second kappa shape index (κ2) is 5.25. The fourth-order valence-corrected chi connectivity index (χ4v) is 2.13. The van der Waals surface area contributed by atoms with Crippen molar-refractivity contribution in [1.29, 1.82) is 0 Å². The van der Waals surface area contributed by atoms with Crippen LogP contribution in [0.4, 0.5) is 8.78 Å². The van der Waals surface area contributed by atoms with Crippen LogP contribution in [0.2, 0.25) is 5.02 Å². The van der Waals surface area contributed by atoms with Crippen LogP contribution >= 0.6 is 23.2 Å². The third-order valence-corrected chi connectivity index (χ3v) is 3.62. The van der Waals surface area contributed by atoms with Crippen molar-refractivity contribution in [2.45, 2.75) is 12.3 Å². The molecule has 2 aromatic carbocycles. The lowest BCUT2D eigenvalue weighted by molar-refractivity contribution is 0.587. The highest BCUT2D eigenvalue weighted by molar-refractivity contribution is 6.31. The van der Waals surface area contributed by atoms with Gasteiger partial charge in [-0.25, -0.2) is 8.78 Å². The van der Waals surface area contributed by atoms with Gasteiger partial charge in [-0.3, -0.25) is 0 Å². The molecule has 0 N–H and O–H groups in total. The summed E-state index contributed by atoms with van der Waals surface area (Å²) in [4.78, 5) is 0. The predicted molar refractivity (Wildman–Crippen MR) is 70.2 cm³/mol. The minimum absolute atomic E-state index is 0.124. The van der Waals surface area contributed by atoms with E-state index in [1.54, 1.807) is 18.2 Å². The van der Waals surface area contributed by atoms with Gasteiger partial charge in [-0.05, 0) is 42.3 Å². The first-order valence-electron chi connectivity index (χ1n) is 5.34. The molecule has 0 aliphatic carbocycles. The zero-order valence-electron chi connectivity index (χ0n) is 9.55. The van der Waals surface area contributed by atoms with Gasteiger partial charge < -0.3 is 0 Å². The zero-order valence-corrected chi connectivity index (χ0v) is 11.1. The Balaban J connectivity index is 2.44. The van der Waals surface area contributed by atoms with E-state index in [0.29, 0.717) is 10.6 Å². The molecule has 94 valence electrons. The molecule has 0 bridgehead atoms. The number of alkyl halides is 1. The monoisotopic (exact) mass is 286 g/mol. The van der Waals surface area contributed by atoms with Gasteiger partial charge in [0.1, 0.15) is 11.6 Å². The first-order chi connectivity index (χ1) is 8.49. The van der Waals surface area contributed by atoms with Gasteiger partial charge >= 0.3 is 0 Å². The van der Waals surface area contributed by atoms with Crippen LogP contribution in [0.5, 0.6) is 0 Å². The van der Waals surface area contributed by atoms with Crippen molar-refractivity contribution >= 4 is 23.2 Å². The van der Waals surface area contributed by atoms with Crippen LogP contribution in [0.15, 0.2) is 36.4 Å². The molecule has 0 amide bonds. The first kappa shape index (κ1) is 13.3. The summed E-state index contributed by atoms with van der Waals surface area (Å²) in [5.74, 6) is -1.04. The topological polar surface area (TPSA) is 0 Å². The minimum atomic E-state index is -0.739. The van der Waals surface area contributed by atoms with E-state index in [4.69, 9.17) is 23.2 Å². The van der Waals surface area contributed by atoms with E-state index in [-0.39, 0.29) is 5.56 Å². The maximum absolute atomic E-state index is 13.6. The highest BCUT2D eigenvalue weighted by atomic mass is 35.5. The van der Waals surface area contributed by atoms with Crippen LogP contribution in [0.25, 0.3) is 0 Å². The Morgan fingerprint density at radius 3 is 2.44 bits per heavy atom. The number of benzene rings is 2. The Morgan fingerprint density at radius 1 is 1.06 bits per heavy atom. The molecule has 1 atom stereocenters. The summed E-state index contributed by atoms with van der Waals surface area (Å²) in [7, 11) is 0. The molecule has 0 nitrogen and oxygen atoms in total. The highest BCUT2D eigenvalue weighted by Crippen LogP contribution is 2.32. The van der Waals surface area contributed by atoms with Crippen LogP contribution in [-0.4, -0.2) is 0 Å². The van der Waals surface area contributed by atoms with Gasteiger partial charge in [-0.2, -0.15) is 0 Å². The standard InChI is InChI=1S/C14H10Cl2F2/c1-8-6-9(2-4-12(8)15)14(16)11-7-10(17)3-5-13(11)18/h2-7,14H,1H3.